The smallest absolute Gasteiger partial charge is 0.259 e. The number of thiazole rings is 1. The molecule has 0 aliphatic carbocycles. The lowest BCUT2D eigenvalue weighted by Gasteiger charge is -2.19. The van der Waals surface area contributed by atoms with Crippen molar-refractivity contribution in [1.29, 1.82) is 0 Å². The van der Waals surface area contributed by atoms with Crippen molar-refractivity contribution in [2.75, 3.05) is 7.11 Å². The fourth-order valence-corrected chi connectivity index (χ4v) is 4.96. The largest absolute Gasteiger partial charge is 0.481 e. The van der Waals surface area contributed by atoms with Crippen LogP contribution in [0.15, 0.2) is 21.0 Å². The molecule has 0 radical (unpaired) electrons. The Morgan fingerprint density at radius 3 is 2.43 bits per heavy atom. The Morgan fingerprint density at radius 2 is 1.97 bits per heavy atom. The quantitative estimate of drug-likeness (QED) is 0.542. The highest BCUT2D eigenvalue weighted by molar-refractivity contribution is 7.93. The Balaban J connectivity index is 2.46. The number of aromatic nitrogens is 2. The van der Waals surface area contributed by atoms with Crippen molar-refractivity contribution in [2.24, 2.45) is 9.50 Å². The van der Waals surface area contributed by atoms with E-state index in [4.69, 9.17) is 9.88 Å². The first-order valence-electron chi connectivity index (χ1n) is 9.32. The Hall–Kier alpha value is -1.92. The van der Waals surface area contributed by atoms with Gasteiger partial charge >= 0.3 is 0 Å². The number of methoxy groups -OCH3 is 1. The normalized spacial score (nSPS) is 14.1. The Bertz CT molecular complexity index is 1020. The van der Waals surface area contributed by atoms with Gasteiger partial charge in [0.2, 0.25) is 10.2 Å². The molecule has 2 aromatic heterocycles. The van der Waals surface area contributed by atoms with Gasteiger partial charge in [0.25, 0.3) is 5.91 Å². The van der Waals surface area contributed by atoms with E-state index in [0.29, 0.717) is 17.1 Å². The van der Waals surface area contributed by atoms with Crippen molar-refractivity contribution in [3.63, 3.8) is 0 Å². The van der Waals surface area contributed by atoms with Gasteiger partial charge in [-0.05, 0) is 29.9 Å². The number of carbonyl (C=O) groups is 1. The molecule has 0 spiro atoms. The molecule has 1 amide bonds. The summed E-state index contributed by atoms with van der Waals surface area (Å²) in [5, 5.41) is 25.0. The maximum absolute atomic E-state index is 12.8. The molecule has 0 saturated heterocycles. The van der Waals surface area contributed by atoms with Crippen molar-refractivity contribution in [3.05, 3.63) is 34.0 Å². The standard InChI is InChI=1S/C19H28N4O5S2/c1-10(2)12-8-16(28-6)22-17(11(3)4)13(12)7-15(24)23-30(20,27)18-21-9-14(29-18)19(5,25)26/h8-11,25-26H,7H2,1-6H3,(H2,20,23,24,27). The van der Waals surface area contributed by atoms with Crippen LogP contribution in [-0.2, 0) is 26.9 Å². The summed E-state index contributed by atoms with van der Waals surface area (Å²) in [7, 11) is -2.10. The zero-order valence-corrected chi connectivity index (χ0v) is 19.5. The minimum absolute atomic E-state index is 0.0240. The lowest BCUT2D eigenvalue weighted by Crippen LogP contribution is -2.18. The summed E-state index contributed by atoms with van der Waals surface area (Å²) in [6.07, 6.45) is 1.02. The highest BCUT2D eigenvalue weighted by Gasteiger charge is 2.25. The zero-order chi connectivity index (χ0) is 22.9. The molecule has 0 saturated carbocycles. The number of rotatable bonds is 7. The van der Waals surface area contributed by atoms with E-state index >= 15 is 0 Å². The number of nitrogens with zero attached hydrogens (tertiary/aromatic N) is 3. The second kappa shape index (κ2) is 9.06. The van der Waals surface area contributed by atoms with Gasteiger partial charge in [-0.15, -0.1) is 15.7 Å². The minimum Gasteiger partial charge on any atom is -0.481 e. The second-order valence-electron chi connectivity index (χ2n) is 7.67. The van der Waals surface area contributed by atoms with E-state index < -0.39 is 21.6 Å². The van der Waals surface area contributed by atoms with Crippen molar-refractivity contribution in [3.8, 4) is 5.88 Å². The van der Waals surface area contributed by atoms with Crippen LogP contribution in [0, 0.1) is 0 Å². The van der Waals surface area contributed by atoms with Crippen LogP contribution in [0.2, 0.25) is 0 Å². The Labute approximate surface area is 180 Å². The number of carbonyl (C=O) groups excluding carboxylic acids is 1. The molecule has 30 heavy (non-hydrogen) atoms. The van der Waals surface area contributed by atoms with Gasteiger partial charge in [0, 0.05) is 12.3 Å². The molecule has 0 aliphatic rings. The second-order valence-corrected chi connectivity index (χ2v) is 10.7. The summed E-state index contributed by atoms with van der Waals surface area (Å²) in [5.41, 5.74) is 2.31. The number of amides is 1. The predicted octanol–water partition coefficient (Wildman–Crippen LogP) is 2.42. The van der Waals surface area contributed by atoms with Crippen LogP contribution >= 0.6 is 11.3 Å². The van der Waals surface area contributed by atoms with Crippen molar-refractivity contribution < 1.29 is 24.0 Å². The molecule has 11 heteroatoms. The first-order chi connectivity index (χ1) is 13.8. The zero-order valence-electron chi connectivity index (χ0n) is 17.9. The molecular weight excluding hydrogens is 428 g/mol. The first-order valence-corrected chi connectivity index (χ1v) is 11.7. The molecule has 1 unspecified atom stereocenters. The molecule has 0 aliphatic heterocycles. The van der Waals surface area contributed by atoms with E-state index in [2.05, 4.69) is 14.3 Å². The summed E-state index contributed by atoms with van der Waals surface area (Å²) in [6, 6.07) is 1.79. The van der Waals surface area contributed by atoms with Gasteiger partial charge in [-0.25, -0.2) is 19.3 Å². The number of aliphatic hydroxyl groups is 2. The molecule has 4 N–H and O–H groups in total. The average Bonchev–Trinajstić information content (AvgIpc) is 3.12. The molecule has 1 atom stereocenters. The number of pyridine rings is 1. The number of ether oxygens (including phenoxy) is 1. The summed E-state index contributed by atoms with van der Waals surface area (Å²) in [5.74, 6) is -2.24. The molecule has 2 aromatic rings. The van der Waals surface area contributed by atoms with Crippen LogP contribution in [0.4, 0.5) is 0 Å². The first kappa shape index (κ1) is 24.4. The minimum atomic E-state index is -3.63. The van der Waals surface area contributed by atoms with Crippen LogP contribution in [0.1, 0.15) is 68.2 Å². The van der Waals surface area contributed by atoms with E-state index in [1.54, 1.807) is 6.07 Å². The lowest BCUT2D eigenvalue weighted by molar-refractivity contribution is -0.149. The number of hydrogen-bond acceptors (Lipinski definition) is 8. The fourth-order valence-electron chi connectivity index (χ4n) is 2.86. The van der Waals surface area contributed by atoms with Gasteiger partial charge < -0.3 is 14.9 Å². The molecule has 0 aromatic carbocycles. The topological polar surface area (TPSA) is 148 Å². The molecule has 2 heterocycles. The monoisotopic (exact) mass is 456 g/mol. The number of hydrogen-bond donors (Lipinski definition) is 3. The van der Waals surface area contributed by atoms with Crippen LogP contribution in [0.25, 0.3) is 0 Å². The van der Waals surface area contributed by atoms with E-state index in [9.17, 15) is 19.2 Å². The third kappa shape index (κ3) is 5.61. The van der Waals surface area contributed by atoms with Crippen molar-refractivity contribution in [2.45, 2.75) is 63.0 Å². The van der Waals surface area contributed by atoms with Crippen molar-refractivity contribution >= 4 is 27.2 Å². The molecule has 166 valence electrons. The summed E-state index contributed by atoms with van der Waals surface area (Å²) >= 11 is 0.730. The van der Waals surface area contributed by atoms with Crippen LogP contribution in [-0.4, -0.2) is 37.4 Å². The SMILES string of the molecule is COc1cc(C(C)C)c(CC(=O)N=S(N)(=O)c2ncc(C(C)(O)O)s2)c(C(C)C)n1. The van der Waals surface area contributed by atoms with Gasteiger partial charge in [-0.1, -0.05) is 27.7 Å². The van der Waals surface area contributed by atoms with Gasteiger partial charge in [0.15, 0.2) is 15.7 Å². The summed E-state index contributed by atoms with van der Waals surface area (Å²) in [4.78, 5) is 21.1. The third-order valence-electron chi connectivity index (χ3n) is 4.31. The number of nitrogens with two attached hydrogens (primary N) is 1. The van der Waals surface area contributed by atoms with E-state index in [1.165, 1.54) is 7.11 Å². The summed E-state index contributed by atoms with van der Waals surface area (Å²) < 4.78 is 21.7. The molecule has 2 rings (SSSR count). The predicted molar refractivity (Wildman–Crippen MR) is 115 cm³/mol. The highest BCUT2D eigenvalue weighted by atomic mass is 32.2. The van der Waals surface area contributed by atoms with Gasteiger partial charge in [-0.2, -0.15) is 0 Å². The Morgan fingerprint density at radius 1 is 1.33 bits per heavy atom. The molecular formula is C19H28N4O5S2. The lowest BCUT2D eigenvalue weighted by atomic mass is 9.91. The fraction of sp³-hybridized carbons (Fsp3) is 0.526. The van der Waals surface area contributed by atoms with E-state index in [-0.39, 0.29) is 27.5 Å². The van der Waals surface area contributed by atoms with Crippen LogP contribution in [0.3, 0.4) is 0 Å². The van der Waals surface area contributed by atoms with Crippen molar-refractivity contribution in [1.82, 2.24) is 9.97 Å². The van der Waals surface area contributed by atoms with Gasteiger partial charge in [0.1, 0.15) is 0 Å². The van der Waals surface area contributed by atoms with Gasteiger partial charge in [0.05, 0.1) is 24.1 Å². The van der Waals surface area contributed by atoms with Crippen LogP contribution in [0.5, 0.6) is 5.88 Å². The van der Waals surface area contributed by atoms with E-state index in [0.717, 1.165) is 30.0 Å². The van der Waals surface area contributed by atoms with Crippen LogP contribution < -0.4 is 9.88 Å². The molecule has 0 bridgehead atoms. The van der Waals surface area contributed by atoms with Gasteiger partial charge in [-0.3, -0.25) is 4.79 Å². The highest BCUT2D eigenvalue weighted by Crippen LogP contribution is 2.31. The van der Waals surface area contributed by atoms with E-state index in [1.807, 2.05) is 27.7 Å². The maximum Gasteiger partial charge on any atom is 0.259 e. The maximum atomic E-state index is 12.8. The average molecular weight is 457 g/mol. The third-order valence-corrected chi connectivity index (χ3v) is 7.35. The molecule has 9 nitrogen and oxygen atoms in total. The Kier molecular flexibility index (Phi) is 7.36. The molecule has 0 fully saturated rings. The summed E-state index contributed by atoms with van der Waals surface area (Å²) in [6.45, 7) is 9.05.